The highest BCUT2D eigenvalue weighted by Crippen LogP contribution is 2.41. The fraction of sp³-hybridized carbons (Fsp3) is 0.400. The van der Waals surface area contributed by atoms with Gasteiger partial charge >= 0.3 is 5.97 Å². The average Bonchev–Trinajstić information content (AvgIpc) is 3.04. The van der Waals surface area contributed by atoms with E-state index >= 15 is 0 Å². The molecule has 0 saturated heterocycles. The zero-order valence-corrected chi connectivity index (χ0v) is 27.7. The Bertz CT molecular complexity index is 1420. The van der Waals surface area contributed by atoms with Crippen molar-refractivity contribution in [3.05, 3.63) is 138 Å². The summed E-state index contributed by atoms with van der Waals surface area (Å²) >= 11 is 0. The lowest BCUT2D eigenvalue weighted by Crippen LogP contribution is -2.49. The first-order chi connectivity index (χ1) is 21.5. The minimum atomic E-state index is -1.03. The summed E-state index contributed by atoms with van der Waals surface area (Å²) in [6.45, 7) is 12.9. The van der Waals surface area contributed by atoms with Crippen LogP contribution in [0.15, 0.2) is 116 Å². The Hall–Kier alpha value is -3.80. The molecule has 0 aliphatic rings. The predicted octanol–water partition coefficient (Wildman–Crippen LogP) is 9.81. The summed E-state index contributed by atoms with van der Waals surface area (Å²) in [6, 6.07) is 35.5. The van der Waals surface area contributed by atoms with E-state index in [1.54, 1.807) is 12.4 Å². The maximum atomic E-state index is 13.0. The van der Waals surface area contributed by atoms with Crippen LogP contribution >= 0.6 is 0 Å². The van der Waals surface area contributed by atoms with Crippen molar-refractivity contribution in [2.24, 2.45) is 5.92 Å². The van der Waals surface area contributed by atoms with E-state index in [9.17, 15) is 9.90 Å². The van der Waals surface area contributed by atoms with Crippen molar-refractivity contribution in [1.29, 1.82) is 0 Å². The molecule has 4 aromatic rings. The molecule has 0 aliphatic carbocycles. The van der Waals surface area contributed by atoms with E-state index in [0.29, 0.717) is 12.3 Å². The number of aromatic nitrogens is 1. The van der Waals surface area contributed by atoms with Crippen LogP contribution in [0.4, 0.5) is 0 Å². The molecule has 5 nitrogen and oxygen atoms in total. The van der Waals surface area contributed by atoms with Crippen molar-refractivity contribution in [2.45, 2.75) is 96.2 Å². The number of pyridine rings is 1. The van der Waals surface area contributed by atoms with Crippen LogP contribution in [0.3, 0.4) is 0 Å². The molecule has 0 radical (unpaired) electrons. The molecule has 0 spiro atoms. The van der Waals surface area contributed by atoms with Gasteiger partial charge in [-0.05, 0) is 98.1 Å². The Morgan fingerprint density at radius 1 is 0.689 bits per heavy atom. The third-order valence-corrected chi connectivity index (χ3v) is 8.73. The summed E-state index contributed by atoms with van der Waals surface area (Å²) in [5, 5.41) is 12.6. The van der Waals surface area contributed by atoms with Crippen LogP contribution in [-0.4, -0.2) is 32.8 Å². The molecule has 0 fully saturated rings. The third-order valence-electron chi connectivity index (χ3n) is 8.73. The number of benzene rings is 3. The lowest BCUT2D eigenvalue weighted by atomic mass is 9.77. The number of aliphatic carboxylic acids is 1. The molecule has 5 heteroatoms. The van der Waals surface area contributed by atoms with Crippen molar-refractivity contribution >= 4 is 5.97 Å². The monoisotopic (exact) mass is 606 g/mol. The zero-order chi connectivity index (χ0) is 32.4. The van der Waals surface area contributed by atoms with Gasteiger partial charge in [0.1, 0.15) is 0 Å². The van der Waals surface area contributed by atoms with Gasteiger partial charge in [-0.2, -0.15) is 5.06 Å². The van der Waals surface area contributed by atoms with Crippen molar-refractivity contribution in [2.75, 3.05) is 0 Å². The van der Waals surface area contributed by atoms with Gasteiger partial charge in [0.25, 0.3) is 0 Å². The molecule has 238 valence electrons. The van der Waals surface area contributed by atoms with E-state index in [1.807, 2.05) is 35.4 Å². The summed E-state index contributed by atoms with van der Waals surface area (Å²) in [5.74, 6) is -0.249. The number of hydroxylamine groups is 2. The summed E-state index contributed by atoms with van der Waals surface area (Å²) in [4.78, 5) is 23.9. The zero-order valence-electron chi connectivity index (χ0n) is 27.7. The van der Waals surface area contributed by atoms with E-state index in [2.05, 4.69) is 119 Å². The topological polar surface area (TPSA) is 62.7 Å². The molecule has 1 aromatic heterocycles. The van der Waals surface area contributed by atoms with Crippen molar-refractivity contribution in [3.63, 3.8) is 0 Å². The van der Waals surface area contributed by atoms with Gasteiger partial charge in [-0.25, -0.2) is 4.79 Å². The smallest absolute Gasteiger partial charge is 0.334 e. The lowest BCUT2D eigenvalue weighted by molar-refractivity contribution is -0.274. The molecule has 1 N–H and O–H groups in total. The number of rotatable bonds is 15. The van der Waals surface area contributed by atoms with Crippen LogP contribution in [0.5, 0.6) is 0 Å². The molecule has 5 unspecified atom stereocenters. The van der Waals surface area contributed by atoms with Crippen LogP contribution in [-0.2, 0) is 9.63 Å². The molecule has 0 bridgehead atoms. The van der Waals surface area contributed by atoms with Crippen molar-refractivity contribution in [1.82, 2.24) is 10.0 Å². The molecule has 3 aromatic carbocycles. The highest BCUT2D eigenvalue weighted by Gasteiger charge is 2.38. The van der Waals surface area contributed by atoms with Gasteiger partial charge in [0.05, 0.1) is 6.04 Å². The van der Waals surface area contributed by atoms with Crippen LogP contribution in [0.1, 0.15) is 107 Å². The number of nitrogens with zero attached hydrogens (tertiary/aromatic N) is 2. The molecule has 0 amide bonds. The molecular formula is C40H50N2O3. The minimum absolute atomic E-state index is 0.0571. The third kappa shape index (κ3) is 9.59. The SMILES string of the molecule is CC(CC(CC(CC(ON(C(c1ccccc1)C(C)C)C(C)(C)C)C(=O)O)c1ccncc1)c1ccccc1)c1ccccc1. The van der Waals surface area contributed by atoms with Gasteiger partial charge in [-0.3, -0.25) is 9.82 Å². The molecule has 5 atom stereocenters. The largest absolute Gasteiger partial charge is 0.479 e. The number of carbonyl (C=O) groups is 1. The van der Waals surface area contributed by atoms with Gasteiger partial charge in [-0.1, -0.05) is 112 Å². The number of carboxylic acids is 1. The Morgan fingerprint density at radius 2 is 1.16 bits per heavy atom. The molecule has 0 saturated carbocycles. The Labute approximate surface area is 270 Å². The van der Waals surface area contributed by atoms with E-state index in [4.69, 9.17) is 4.84 Å². The van der Waals surface area contributed by atoms with Crippen molar-refractivity contribution < 1.29 is 14.7 Å². The van der Waals surface area contributed by atoms with Gasteiger partial charge in [0.2, 0.25) is 0 Å². The second-order valence-corrected chi connectivity index (χ2v) is 13.6. The van der Waals surface area contributed by atoms with Crippen LogP contribution in [0.25, 0.3) is 0 Å². The first-order valence-corrected chi connectivity index (χ1v) is 16.3. The van der Waals surface area contributed by atoms with Crippen LogP contribution in [0.2, 0.25) is 0 Å². The highest BCUT2D eigenvalue weighted by atomic mass is 16.7. The van der Waals surface area contributed by atoms with Gasteiger partial charge in [0, 0.05) is 17.9 Å². The molecule has 4 rings (SSSR count). The van der Waals surface area contributed by atoms with E-state index in [1.165, 1.54) is 11.1 Å². The summed E-state index contributed by atoms with van der Waals surface area (Å²) in [6.07, 6.45) is 4.65. The van der Waals surface area contributed by atoms with Crippen molar-refractivity contribution in [3.8, 4) is 0 Å². The number of hydrogen-bond acceptors (Lipinski definition) is 4. The van der Waals surface area contributed by atoms with Crippen LogP contribution in [0, 0.1) is 5.92 Å². The van der Waals surface area contributed by atoms with Crippen LogP contribution < -0.4 is 0 Å². The Balaban J connectivity index is 1.68. The van der Waals surface area contributed by atoms with E-state index in [-0.39, 0.29) is 23.8 Å². The average molecular weight is 607 g/mol. The highest BCUT2D eigenvalue weighted by molar-refractivity contribution is 5.72. The molecule has 0 aliphatic heterocycles. The lowest BCUT2D eigenvalue weighted by Gasteiger charge is -2.44. The maximum Gasteiger partial charge on any atom is 0.334 e. The van der Waals surface area contributed by atoms with Gasteiger partial charge in [0.15, 0.2) is 6.10 Å². The fourth-order valence-corrected chi connectivity index (χ4v) is 6.45. The molecular weight excluding hydrogens is 556 g/mol. The summed E-state index contributed by atoms with van der Waals surface area (Å²) in [7, 11) is 0. The summed E-state index contributed by atoms with van der Waals surface area (Å²) < 4.78 is 0. The summed E-state index contributed by atoms with van der Waals surface area (Å²) in [5.41, 5.74) is 4.33. The van der Waals surface area contributed by atoms with E-state index in [0.717, 1.165) is 24.0 Å². The first kappa shape index (κ1) is 34.1. The maximum absolute atomic E-state index is 13.0. The first-order valence-electron chi connectivity index (χ1n) is 16.3. The number of hydrogen-bond donors (Lipinski definition) is 1. The standard InChI is InChI=1S/C40H50N2O3/c1-29(2)38(34-20-14-9-15-21-34)42(40(4,5)6)45-37(39(43)44)28-36(33-22-24-41-25-23-33)27-35(32-18-12-8-13-19-32)26-30(3)31-16-10-7-11-17-31/h7-25,29-30,35-38H,26-28H2,1-6H3,(H,43,44). The Morgan fingerprint density at radius 3 is 1.64 bits per heavy atom. The fourth-order valence-electron chi connectivity index (χ4n) is 6.45. The molecule has 45 heavy (non-hydrogen) atoms. The second kappa shape index (κ2) is 16.0. The van der Waals surface area contributed by atoms with Gasteiger partial charge < -0.3 is 5.11 Å². The number of carboxylic acid groups (broad SMARTS) is 1. The van der Waals surface area contributed by atoms with E-state index < -0.39 is 17.6 Å². The van der Waals surface area contributed by atoms with Gasteiger partial charge in [-0.15, -0.1) is 0 Å². The minimum Gasteiger partial charge on any atom is -0.479 e. The predicted molar refractivity (Wildman–Crippen MR) is 183 cm³/mol. The molecule has 1 heterocycles. The Kier molecular flexibility index (Phi) is 12.1. The quantitative estimate of drug-likeness (QED) is 0.137. The second-order valence-electron chi connectivity index (χ2n) is 13.6. The normalized spacial score (nSPS) is 15.4.